The van der Waals surface area contributed by atoms with Crippen LogP contribution in [-0.2, 0) is 9.53 Å². The van der Waals surface area contributed by atoms with E-state index in [0.717, 1.165) is 0 Å². The number of carbonyl (C=O) groups excluding carboxylic acids is 2. The third kappa shape index (κ3) is 3.27. The van der Waals surface area contributed by atoms with E-state index in [2.05, 4.69) is 10.3 Å². The number of esters is 1. The molecular formula is C16H20N2O4. The van der Waals surface area contributed by atoms with Crippen molar-refractivity contribution in [2.75, 3.05) is 6.61 Å². The Hall–Kier alpha value is -2.37. The number of para-hydroxylation sites is 1. The van der Waals surface area contributed by atoms with Crippen LogP contribution in [0.5, 0.6) is 0 Å². The number of hydrogen-bond donors (Lipinski definition) is 1. The second-order valence-electron chi connectivity index (χ2n) is 6.03. The number of nitrogens with zero attached hydrogens (tertiary/aromatic N) is 1. The number of benzene rings is 1. The van der Waals surface area contributed by atoms with Gasteiger partial charge in [0.15, 0.2) is 12.0 Å². The molecule has 2 rings (SSSR count). The van der Waals surface area contributed by atoms with Gasteiger partial charge < -0.3 is 14.5 Å². The van der Waals surface area contributed by atoms with E-state index in [0.29, 0.717) is 16.7 Å². The van der Waals surface area contributed by atoms with Crippen LogP contribution in [0, 0.1) is 5.41 Å². The molecule has 118 valence electrons. The van der Waals surface area contributed by atoms with Crippen LogP contribution in [0.1, 0.15) is 38.1 Å². The summed E-state index contributed by atoms with van der Waals surface area (Å²) in [6.07, 6.45) is 1.29. The zero-order valence-corrected chi connectivity index (χ0v) is 13.2. The summed E-state index contributed by atoms with van der Waals surface area (Å²) in [4.78, 5) is 28.6. The minimum Gasteiger partial charge on any atom is -0.464 e. The van der Waals surface area contributed by atoms with Gasteiger partial charge in [0.1, 0.15) is 11.6 Å². The molecule has 6 nitrogen and oxygen atoms in total. The highest BCUT2D eigenvalue weighted by atomic mass is 16.5. The number of amides is 1. The largest absolute Gasteiger partial charge is 0.464 e. The van der Waals surface area contributed by atoms with Crippen LogP contribution >= 0.6 is 0 Å². The molecule has 1 atom stereocenters. The molecule has 0 spiro atoms. The van der Waals surface area contributed by atoms with Crippen molar-refractivity contribution in [2.45, 2.75) is 33.7 Å². The van der Waals surface area contributed by atoms with Crippen molar-refractivity contribution in [1.29, 1.82) is 0 Å². The van der Waals surface area contributed by atoms with Gasteiger partial charge in [0.2, 0.25) is 0 Å². The number of hydrogen-bond acceptors (Lipinski definition) is 5. The molecule has 0 saturated heterocycles. The molecule has 2 aromatic rings. The SMILES string of the molecule is CCOC(=O)C(NC(=O)c1cccc2ncoc12)C(C)(C)C. The first-order chi connectivity index (χ1) is 10.3. The second-order valence-corrected chi connectivity index (χ2v) is 6.03. The molecule has 0 bridgehead atoms. The third-order valence-electron chi connectivity index (χ3n) is 3.26. The van der Waals surface area contributed by atoms with Crippen LogP contribution < -0.4 is 5.32 Å². The van der Waals surface area contributed by atoms with Gasteiger partial charge in [-0.05, 0) is 24.5 Å². The van der Waals surface area contributed by atoms with E-state index in [1.165, 1.54) is 6.39 Å². The number of oxazole rings is 1. The van der Waals surface area contributed by atoms with Gasteiger partial charge in [-0.2, -0.15) is 0 Å². The lowest BCUT2D eigenvalue weighted by atomic mass is 9.86. The summed E-state index contributed by atoms with van der Waals surface area (Å²) < 4.78 is 10.3. The number of ether oxygens (including phenoxy) is 1. The van der Waals surface area contributed by atoms with Crippen LogP contribution in [0.15, 0.2) is 29.0 Å². The number of fused-ring (bicyclic) bond motifs is 1. The fourth-order valence-corrected chi connectivity index (χ4v) is 2.13. The molecule has 0 radical (unpaired) electrons. The molecule has 6 heteroatoms. The molecule has 1 N–H and O–H groups in total. The van der Waals surface area contributed by atoms with Crippen LogP contribution in [0.25, 0.3) is 11.1 Å². The van der Waals surface area contributed by atoms with Crippen molar-refractivity contribution in [1.82, 2.24) is 10.3 Å². The number of aromatic nitrogens is 1. The first-order valence-corrected chi connectivity index (χ1v) is 7.14. The van der Waals surface area contributed by atoms with Gasteiger partial charge in [-0.1, -0.05) is 26.8 Å². The molecule has 0 fully saturated rings. The molecule has 1 heterocycles. The Bertz CT molecular complexity index is 685. The highest BCUT2D eigenvalue weighted by Crippen LogP contribution is 2.22. The number of rotatable bonds is 4. The van der Waals surface area contributed by atoms with E-state index in [-0.39, 0.29) is 6.61 Å². The first kappa shape index (κ1) is 16.0. The zero-order valence-electron chi connectivity index (χ0n) is 13.2. The van der Waals surface area contributed by atoms with Crippen LogP contribution in [0.2, 0.25) is 0 Å². The Morgan fingerprint density at radius 1 is 1.36 bits per heavy atom. The van der Waals surface area contributed by atoms with Crippen molar-refractivity contribution in [3.05, 3.63) is 30.2 Å². The van der Waals surface area contributed by atoms with Gasteiger partial charge in [-0.15, -0.1) is 0 Å². The lowest BCUT2D eigenvalue weighted by molar-refractivity contribution is -0.148. The highest BCUT2D eigenvalue weighted by molar-refractivity contribution is 6.05. The lowest BCUT2D eigenvalue weighted by Crippen LogP contribution is -2.49. The van der Waals surface area contributed by atoms with Crippen LogP contribution in [0.4, 0.5) is 0 Å². The summed E-state index contributed by atoms with van der Waals surface area (Å²) >= 11 is 0. The van der Waals surface area contributed by atoms with Gasteiger partial charge in [-0.25, -0.2) is 9.78 Å². The molecule has 1 amide bonds. The molecule has 1 unspecified atom stereocenters. The standard InChI is InChI=1S/C16H20N2O4/c1-5-21-15(20)13(16(2,3)4)18-14(19)10-7-6-8-11-12(10)22-9-17-11/h6-9,13H,5H2,1-4H3,(H,18,19). The van der Waals surface area contributed by atoms with Gasteiger partial charge in [0.25, 0.3) is 5.91 Å². The first-order valence-electron chi connectivity index (χ1n) is 7.14. The fourth-order valence-electron chi connectivity index (χ4n) is 2.13. The normalized spacial score (nSPS) is 12.9. The molecule has 0 aliphatic carbocycles. The summed E-state index contributed by atoms with van der Waals surface area (Å²) in [6, 6.07) is 4.35. The number of carbonyl (C=O) groups is 2. The minimum absolute atomic E-state index is 0.263. The maximum absolute atomic E-state index is 12.5. The van der Waals surface area contributed by atoms with Gasteiger partial charge in [0.05, 0.1) is 12.2 Å². The molecule has 0 aliphatic rings. The van der Waals surface area contributed by atoms with E-state index >= 15 is 0 Å². The fraction of sp³-hybridized carbons (Fsp3) is 0.438. The topological polar surface area (TPSA) is 81.4 Å². The van der Waals surface area contributed by atoms with E-state index in [9.17, 15) is 9.59 Å². The van der Waals surface area contributed by atoms with Crippen LogP contribution in [0.3, 0.4) is 0 Å². The average molecular weight is 304 g/mol. The van der Waals surface area contributed by atoms with E-state index in [1.54, 1.807) is 25.1 Å². The van der Waals surface area contributed by atoms with Gasteiger partial charge >= 0.3 is 5.97 Å². The Morgan fingerprint density at radius 2 is 2.09 bits per heavy atom. The maximum Gasteiger partial charge on any atom is 0.329 e. The van der Waals surface area contributed by atoms with Gasteiger partial charge in [0, 0.05) is 0 Å². The van der Waals surface area contributed by atoms with E-state index in [1.807, 2.05) is 20.8 Å². The summed E-state index contributed by atoms with van der Waals surface area (Å²) in [5, 5.41) is 2.74. The van der Waals surface area contributed by atoms with Crippen molar-refractivity contribution >= 4 is 23.0 Å². The van der Waals surface area contributed by atoms with E-state index in [4.69, 9.17) is 9.15 Å². The Morgan fingerprint density at radius 3 is 2.73 bits per heavy atom. The monoisotopic (exact) mass is 304 g/mol. The molecule has 22 heavy (non-hydrogen) atoms. The highest BCUT2D eigenvalue weighted by Gasteiger charge is 2.34. The van der Waals surface area contributed by atoms with Crippen molar-refractivity contribution in [3.63, 3.8) is 0 Å². The molecule has 0 saturated carbocycles. The quantitative estimate of drug-likeness (QED) is 0.878. The molecule has 0 aliphatic heterocycles. The Labute approximate surface area is 128 Å². The number of nitrogens with one attached hydrogen (secondary N) is 1. The lowest BCUT2D eigenvalue weighted by Gasteiger charge is -2.29. The van der Waals surface area contributed by atoms with Crippen molar-refractivity contribution in [3.8, 4) is 0 Å². The average Bonchev–Trinajstić information content (AvgIpc) is 2.91. The van der Waals surface area contributed by atoms with Crippen molar-refractivity contribution < 1.29 is 18.7 Å². The Balaban J connectivity index is 2.28. The zero-order chi connectivity index (χ0) is 16.3. The molecular weight excluding hydrogens is 284 g/mol. The van der Waals surface area contributed by atoms with Gasteiger partial charge in [-0.3, -0.25) is 4.79 Å². The maximum atomic E-state index is 12.5. The van der Waals surface area contributed by atoms with E-state index < -0.39 is 23.3 Å². The Kier molecular flexibility index (Phi) is 4.49. The predicted octanol–water partition coefficient (Wildman–Crippen LogP) is 2.54. The summed E-state index contributed by atoms with van der Waals surface area (Å²) in [5.74, 6) is -0.844. The third-order valence-corrected chi connectivity index (χ3v) is 3.26. The summed E-state index contributed by atoms with van der Waals surface area (Å²) in [7, 11) is 0. The smallest absolute Gasteiger partial charge is 0.329 e. The predicted molar refractivity (Wildman–Crippen MR) is 81.4 cm³/mol. The molecule has 1 aromatic carbocycles. The molecule has 1 aromatic heterocycles. The van der Waals surface area contributed by atoms with Crippen LogP contribution in [-0.4, -0.2) is 29.5 Å². The van der Waals surface area contributed by atoms with Crippen molar-refractivity contribution in [2.24, 2.45) is 5.41 Å². The summed E-state index contributed by atoms with van der Waals surface area (Å²) in [6.45, 7) is 7.59. The minimum atomic E-state index is -0.752. The second kappa shape index (κ2) is 6.17. The summed E-state index contributed by atoms with van der Waals surface area (Å²) in [5.41, 5.74) is 0.859.